The molecule has 2 aromatic heterocycles. The first kappa shape index (κ1) is 17.2. The van der Waals surface area contributed by atoms with Gasteiger partial charge in [-0.25, -0.2) is 4.98 Å². The zero-order valence-electron chi connectivity index (χ0n) is 15.8. The maximum Gasteiger partial charge on any atom is 0.275 e. The van der Waals surface area contributed by atoms with Crippen LogP contribution in [0.15, 0.2) is 34.7 Å². The van der Waals surface area contributed by atoms with Crippen LogP contribution in [0, 0.1) is 0 Å². The molecule has 28 heavy (non-hydrogen) atoms. The van der Waals surface area contributed by atoms with Crippen LogP contribution in [0.4, 0.5) is 0 Å². The third kappa shape index (κ3) is 2.82. The zero-order valence-corrected chi connectivity index (χ0v) is 15.8. The first-order valence-corrected chi connectivity index (χ1v) is 9.66. The number of hydrogen-bond acceptors (Lipinski definition) is 5. The van der Waals surface area contributed by atoms with Gasteiger partial charge in [-0.2, -0.15) is 5.10 Å². The summed E-state index contributed by atoms with van der Waals surface area (Å²) < 4.78 is 11.6. The van der Waals surface area contributed by atoms with Gasteiger partial charge in [0.25, 0.3) is 5.91 Å². The molecule has 1 N–H and O–H groups in total. The number of aryl methyl sites for hydroxylation is 1. The van der Waals surface area contributed by atoms with E-state index in [4.69, 9.17) is 9.15 Å². The van der Waals surface area contributed by atoms with E-state index in [1.807, 2.05) is 35.2 Å². The molecule has 0 radical (unpaired) electrons. The minimum Gasteiger partial charge on any atom is -0.442 e. The number of hydrogen-bond donors (Lipinski definition) is 1. The van der Waals surface area contributed by atoms with Gasteiger partial charge in [-0.1, -0.05) is 30.3 Å². The number of aromatic nitrogens is 3. The molecule has 0 bridgehead atoms. The number of nitrogens with one attached hydrogen (secondary N) is 1. The lowest BCUT2D eigenvalue weighted by molar-refractivity contribution is 0.0720. The Morgan fingerprint density at radius 1 is 1.25 bits per heavy atom. The number of H-pyrrole nitrogens is 1. The van der Waals surface area contributed by atoms with Crippen molar-refractivity contribution in [1.29, 1.82) is 0 Å². The lowest BCUT2D eigenvalue weighted by atomic mass is 10.1. The lowest BCUT2D eigenvalue weighted by Crippen LogP contribution is -2.36. The van der Waals surface area contributed by atoms with Crippen molar-refractivity contribution in [1.82, 2.24) is 20.1 Å². The lowest BCUT2D eigenvalue weighted by Gasteiger charge is -2.24. The van der Waals surface area contributed by atoms with Crippen molar-refractivity contribution in [2.24, 2.45) is 0 Å². The van der Waals surface area contributed by atoms with E-state index < -0.39 is 0 Å². The van der Waals surface area contributed by atoms with Crippen LogP contribution in [0.2, 0.25) is 0 Å². The van der Waals surface area contributed by atoms with Crippen molar-refractivity contribution in [3.05, 3.63) is 70.2 Å². The summed E-state index contributed by atoms with van der Waals surface area (Å²) >= 11 is 0. The van der Waals surface area contributed by atoms with Crippen molar-refractivity contribution < 1.29 is 13.9 Å². The number of methoxy groups -OCH3 is 1. The first-order valence-electron chi connectivity index (χ1n) is 9.66. The van der Waals surface area contributed by atoms with Crippen LogP contribution in [-0.4, -0.2) is 39.6 Å². The molecule has 144 valence electrons. The third-order valence-corrected chi connectivity index (χ3v) is 5.60. The summed E-state index contributed by atoms with van der Waals surface area (Å²) in [5.74, 6) is 1.35. The second kappa shape index (κ2) is 6.91. The number of fused-ring (bicyclic) bond motifs is 2. The van der Waals surface area contributed by atoms with Gasteiger partial charge in [-0.15, -0.1) is 0 Å². The van der Waals surface area contributed by atoms with E-state index in [0.717, 1.165) is 47.5 Å². The van der Waals surface area contributed by atoms with Crippen molar-refractivity contribution in [2.75, 3.05) is 13.7 Å². The summed E-state index contributed by atoms with van der Waals surface area (Å²) in [6.07, 6.45) is 3.27. The smallest absolute Gasteiger partial charge is 0.275 e. The van der Waals surface area contributed by atoms with E-state index in [2.05, 4.69) is 15.2 Å². The minimum absolute atomic E-state index is 0.0269. The van der Waals surface area contributed by atoms with Crippen LogP contribution in [0.3, 0.4) is 0 Å². The fraction of sp³-hybridized carbons (Fsp3) is 0.381. The molecule has 5 rings (SSSR count). The SMILES string of the molecule is COC(c1ccccc1)c1nc2c(o1)CCN(C(=O)c1n[nH]c3c1CCC3)C2. The van der Waals surface area contributed by atoms with Crippen molar-refractivity contribution in [3.63, 3.8) is 0 Å². The highest BCUT2D eigenvalue weighted by atomic mass is 16.5. The van der Waals surface area contributed by atoms with Gasteiger partial charge in [0.05, 0.1) is 6.54 Å². The molecular weight excluding hydrogens is 356 g/mol. The van der Waals surface area contributed by atoms with Gasteiger partial charge in [0, 0.05) is 31.3 Å². The maximum absolute atomic E-state index is 13.0. The third-order valence-electron chi connectivity index (χ3n) is 5.60. The maximum atomic E-state index is 13.0. The van der Waals surface area contributed by atoms with E-state index in [0.29, 0.717) is 31.1 Å². The standard InChI is InChI=1S/C21H22N4O3/c1-27-19(13-6-3-2-4-7-13)20-22-16-12-25(11-10-17(16)28-20)21(26)18-14-8-5-9-15(14)23-24-18/h2-4,6-7,19H,5,8-12H2,1H3,(H,23,24). The van der Waals surface area contributed by atoms with E-state index in [1.165, 1.54) is 0 Å². The molecule has 7 nitrogen and oxygen atoms in total. The van der Waals surface area contributed by atoms with Crippen LogP contribution < -0.4 is 0 Å². The largest absolute Gasteiger partial charge is 0.442 e. The number of rotatable bonds is 4. The highest BCUT2D eigenvalue weighted by molar-refractivity contribution is 5.94. The highest BCUT2D eigenvalue weighted by Crippen LogP contribution is 2.30. The molecule has 7 heteroatoms. The van der Waals surface area contributed by atoms with E-state index in [9.17, 15) is 4.79 Å². The number of oxazole rings is 1. The normalized spacial score (nSPS) is 16.7. The van der Waals surface area contributed by atoms with Crippen LogP contribution in [0.5, 0.6) is 0 Å². The molecule has 0 saturated heterocycles. The predicted octanol–water partition coefficient (Wildman–Crippen LogP) is 2.82. The summed E-state index contributed by atoms with van der Waals surface area (Å²) in [7, 11) is 1.65. The Balaban J connectivity index is 1.38. The Kier molecular flexibility index (Phi) is 4.24. The molecule has 1 aromatic carbocycles. The van der Waals surface area contributed by atoms with E-state index in [-0.39, 0.29) is 12.0 Å². The fourth-order valence-electron chi connectivity index (χ4n) is 4.16. The molecule has 2 aliphatic rings. The molecule has 3 heterocycles. The summed E-state index contributed by atoms with van der Waals surface area (Å²) in [6.45, 7) is 1.04. The molecule has 1 aliphatic heterocycles. The second-order valence-corrected chi connectivity index (χ2v) is 7.31. The van der Waals surface area contributed by atoms with Gasteiger partial charge in [-0.3, -0.25) is 9.89 Å². The Morgan fingerprint density at radius 3 is 2.93 bits per heavy atom. The van der Waals surface area contributed by atoms with Crippen LogP contribution in [-0.2, 0) is 30.5 Å². The minimum atomic E-state index is -0.356. The number of nitrogens with zero attached hydrogens (tertiary/aromatic N) is 3. The summed E-state index contributed by atoms with van der Waals surface area (Å²) in [5.41, 5.74) is 4.55. The number of aromatic amines is 1. The quantitative estimate of drug-likeness (QED) is 0.755. The Labute approximate surface area is 162 Å². The van der Waals surface area contributed by atoms with Crippen LogP contribution in [0.25, 0.3) is 0 Å². The molecular formula is C21H22N4O3. The summed E-state index contributed by atoms with van der Waals surface area (Å²) in [4.78, 5) is 19.5. The molecule has 3 aromatic rings. The van der Waals surface area contributed by atoms with Gasteiger partial charge < -0.3 is 14.1 Å². The van der Waals surface area contributed by atoms with Crippen molar-refractivity contribution in [3.8, 4) is 0 Å². The second-order valence-electron chi connectivity index (χ2n) is 7.31. The molecule has 0 saturated carbocycles. The molecule has 1 aliphatic carbocycles. The molecule has 1 unspecified atom stereocenters. The Morgan fingerprint density at radius 2 is 2.11 bits per heavy atom. The van der Waals surface area contributed by atoms with Gasteiger partial charge >= 0.3 is 0 Å². The Hall–Kier alpha value is -2.93. The molecule has 0 spiro atoms. The first-order chi connectivity index (χ1) is 13.7. The summed E-state index contributed by atoms with van der Waals surface area (Å²) in [6, 6.07) is 9.88. The van der Waals surface area contributed by atoms with Crippen LogP contribution in [0.1, 0.15) is 57.2 Å². The van der Waals surface area contributed by atoms with E-state index in [1.54, 1.807) is 7.11 Å². The number of carbonyl (C=O) groups is 1. The highest BCUT2D eigenvalue weighted by Gasteiger charge is 2.32. The van der Waals surface area contributed by atoms with Gasteiger partial charge in [0.15, 0.2) is 11.8 Å². The zero-order chi connectivity index (χ0) is 19.1. The van der Waals surface area contributed by atoms with E-state index >= 15 is 0 Å². The molecule has 1 amide bonds. The average molecular weight is 378 g/mol. The van der Waals surface area contributed by atoms with Gasteiger partial charge in [-0.05, 0) is 24.8 Å². The van der Waals surface area contributed by atoms with Gasteiger partial charge in [0.2, 0.25) is 5.89 Å². The molecule has 1 atom stereocenters. The topological polar surface area (TPSA) is 84.2 Å². The number of ether oxygens (including phenoxy) is 1. The Bertz CT molecular complexity index is 1010. The summed E-state index contributed by atoms with van der Waals surface area (Å²) in [5, 5.41) is 7.30. The molecule has 0 fully saturated rings. The number of amides is 1. The average Bonchev–Trinajstić information content (AvgIpc) is 3.43. The monoisotopic (exact) mass is 378 g/mol. The van der Waals surface area contributed by atoms with Crippen LogP contribution >= 0.6 is 0 Å². The fourth-order valence-corrected chi connectivity index (χ4v) is 4.16. The van der Waals surface area contributed by atoms with Gasteiger partial charge in [0.1, 0.15) is 11.5 Å². The number of benzene rings is 1. The van der Waals surface area contributed by atoms with Crippen molar-refractivity contribution in [2.45, 2.75) is 38.3 Å². The predicted molar refractivity (Wildman–Crippen MR) is 101 cm³/mol. The number of carbonyl (C=O) groups excluding carboxylic acids is 1. The van der Waals surface area contributed by atoms with Crippen molar-refractivity contribution >= 4 is 5.91 Å².